The first-order chi connectivity index (χ1) is 13.4. The number of pyridine rings is 1. The molecular weight excluding hydrogens is 368 g/mol. The molecule has 0 atom stereocenters. The van der Waals surface area contributed by atoms with Gasteiger partial charge in [-0.15, -0.1) is 0 Å². The van der Waals surface area contributed by atoms with Gasteiger partial charge in [-0.2, -0.15) is 5.10 Å². The normalized spacial score (nSPS) is 11.4. The minimum atomic E-state index is -2.58. The first-order valence-corrected chi connectivity index (χ1v) is 8.36. The van der Waals surface area contributed by atoms with Crippen LogP contribution < -0.4 is 5.73 Å². The second-order valence-electron chi connectivity index (χ2n) is 6.15. The predicted octanol–water partition coefficient (Wildman–Crippen LogP) is 2.33. The Balaban J connectivity index is 1.94. The summed E-state index contributed by atoms with van der Waals surface area (Å²) in [5.41, 5.74) is 8.27. The van der Waals surface area contributed by atoms with Gasteiger partial charge >= 0.3 is 0 Å². The number of carbonyl (C=O) groups is 1. The monoisotopic (exact) mass is 383 g/mol. The molecule has 0 saturated heterocycles. The van der Waals surface area contributed by atoms with Gasteiger partial charge in [0.1, 0.15) is 17.1 Å². The maximum absolute atomic E-state index is 13.1. The molecule has 0 fully saturated rings. The number of aromatic nitrogens is 6. The number of primary amides is 1. The van der Waals surface area contributed by atoms with Crippen LogP contribution in [0.3, 0.4) is 0 Å². The van der Waals surface area contributed by atoms with Crippen molar-refractivity contribution < 1.29 is 13.6 Å². The molecule has 0 spiro atoms. The van der Waals surface area contributed by atoms with Gasteiger partial charge in [0.05, 0.1) is 30.5 Å². The van der Waals surface area contributed by atoms with Crippen LogP contribution in [0, 0.1) is 6.92 Å². The van der Waals surface area contributed by atoms with Gasteiger partial charge in [0.2, 0.25) is 0 Å². The number of alkyl halides is 2. The van der Waals surface area contributed by atoms with Gasteiger partial charge in [-0.3, -0.25) is 9.78 Å². The molecule has 4 rings (SSSR count). The van der Waals surface area contributed by atoms with Crippen LogP contribution in [0.5, 0.6) is 0 Å². The van der Waals surface area contributed by atoms with Crippen molar-refractivity contribution in [3.63, 3.8) is 0 Å². The fraction of sp³-hybridized carbons (Fsp3) is 0.167. The third-order valence-corrected chi connectivity index (χ3v) is 4.16. The third kappa shape index (κ3) is 3.08. The van der Waals surface area contributed by atoms with E-state index in [1.165, 1.54) is 21.6 Å². The number of amides is 1. The summed E-state index contributed by atoms with van der Waals surface area (Å²) < 4.78 is 28.8. The molecule has 4 heterocycles. The van der Waals surface area contributed by atoms with Gasteiger partial charge in [-0.05, 0) is 31.2 Å². The lowest BCUT2D eigenvalue weighted by atomic mass is 10.1. The summed E-state index contributed by atoms with van der Waals surface area (Å²) in [5, 5.41) is 4.40. The van der Waals surface area contributed by atoms with Crippen LogP contribution >= 0.6 is 0 Å². The third-order valence-electron chi connectivity index (χ3n) is 4.16. The topological polar surface area (TPSA) is 104 Å². The van der Waals surface area contributed by atoms with E-state index in [2.05, 4.69) is 20.1 Å². The Morgan fingerprint density at radius 1 is 1.18 bits per heavy atom. The number of carbonyl (C=O) groups excluding carboxylic acids is 1. The van der Waals surface area contributed by atoms with Crippen molar-refractivity contribution in [2.75, 3.05) is 0 Å². The number of fused-ring (bicyclic) bond motifs is 1. The van der Waals surface area contributed by atoms with Gasteiger partial charge in [0, 0.05) is 5.69 Å². The van der Waals surface area contributed by atoms with Crippen LogP contribution in [0.25, 0.3) is 28.4 Å². The summed E-state index contributed by atoms with van der Waals surface area (Å²) in [6, 6.07) is 8.64. The molecule has 0 aliphatic rings. The Bertz CT molecular complexity index is 1180. The minimum absolute atomic E-state index is 0.0898. The van der Waals surface area contributed by atoms with Crippen molar-refractivity contribution in [3.8, 4) is 22.8 Å². The van der Waals surface area contributed by atoms with Gasteiger partial charge < -0.3 is 10.3 Å². The van der Waals surface area contributed by atoms with Gasteiger partial charge in [-0.1, -0.05) is 6.07 Å². The average molecular weight is 383 g/mol. The standard InChI is InChI=1S/C18H15F2N7O/c1-10-3-2-4-11(24-10)16-17(26(9-23-16)8-14(19)20)12-5-6-15-22-7-13(18(21)28)27(15)25-12/h2-7,9,14H,8H2,1H3,(H2,21,28). The zero-order valence-electron chi connectivity index (χ0n) is 14.8. The molecule has 4 aromatic rings. The molecule has 0 aliphatic carbocycles. The second-order valence-corrected chi connectivity index (χ2v) is 6.15. The van der Waals surface area contributed by atoms with Crippen molar-refractivity contribution in [1.82, 2.24) is 29.1 Å². The number of hydrogen-bond donors (Lipinski definition) is 1. The first-order valence-electron chi connectivity index (χ1n) is 8.36. The van der Waals surface area contributed by atoms with Crippen molar-refractivity contribution in [2.45, 2.75) is 19.9 Å². The van der Waals surface area contributed by atoms with Crippen LogP contribution in [0.1, 0.15) is 16.2 Å². The lowest BCUT2D eigenvalue weighted by Gasteiger charge is -2.10. The lowest BCUT2D eigenvalue weighted by Crippen LogP contribution is -2.15. The highest BCUT2D eigenvalue weighted by Gasteiger charge is 2.21. The van der Waals surface area contributed by atoms with Gasteiger partial charge in [-0.25, -0.2) is 23.3 Å². The number of nitrogens with two attached hydrogens (primary N) is 1. The van der Waals surface area contributed by atoms with E-state index in [1.54, 1.807) is 18.2 Å². The fourth-order valence-corrected chi connectivity index (χ4v) is 2.97. The SMILES string of the molecule is Cc1cccc(-c2ncn(CC(F)F)c2-c2ccc3ncc(C(N)=O)n3n2)n1. The molecule has 0 unspecified atom stereocenters. The maximum atomic E-state index is 13.1. The number of imidazole rings is 2. The minimum Gasteiger partial charge on any atom is -0.364 e. The van der Waals surface area contributed by atoms with Crippen molar-refractivity contribution in [1.29, 1.82) is 0 Å². The zero-order chi connectivity index (χ0) is 19.8. The highest BCUT2D eigenvalue weighted by molar-refractivity contribution is 5.91. The summed E-state index contributed by atoms with van der Waals surface area (Å²) >= 11 is 0. The predicted molar refractivity (Wildman–Crippen MR) is 96.7 cm³/mol. The molecule has 8 nitrogen and oxygen atoms in total. The number of aryl methyl sites for hydroxylation is 1. The average Bonchev–Trinajstić information content (AvgIpc) is 3.24. The molecule has 10 heteroatoms. The zero-order valence-corrected chi connectivity index (χ0v) is 14.8. The lowest BCUT2D eigenvalue weighted by molar-refractivity contribution is 0.0993. The molecule has 0 bridgehead atoms. The summed E-state index contributed by atoms with van der Waals surface area (Å²) in [5.74, 6) is -0.696. The highest BCUT2D eigenvalue weighted by atomic mass is 19.3. The van der Waals surface area contributed by atoms with Gasteiger partial charge in [0.25, 0.3) is 12.3 Å². The van der Waals surface area contributed by atoms with Crippen molar-refractivity contribution in [3.05, 3.63) is 54.2 Å². The van der Waals surface area contributed by atoms with E-state index in [-0.39, 0.29) is 5.69 Å². The number of nitrogens with zero attached hydrogens (tertiary/aromatic N) is 6. The molecule has 0 aromatic carbocycles. The summed E-state index contributed by atoms with van der Waals surface area (Å²) in [6.45, 7) is 1.27. The molecule has 142 valence electrons. The van der Waals surface area contributed by atoms with Crippen molar-refractivity contribution >= 4 is 11.6 Å². The molecule has 2 N–H and O–H groups in total. The molecule has 4 aromatic heterocycles. The van der Waals surface area contributed by atoms with E-state index < -0.39 is 18.9 Å². The smallest absolute Gasteiger partial charge is 0.269 e. The highest BCUT2D eigenvalue weighted by Crippen LogP contribution is 2.30. The Labute approximate surface area is 157 Å². The summed E-state index contributed by atoms with van der Waals surface area (Å²) in [4.78, 5) is 24.4. The Hall–Kier alpha value is -3.69. The van der Waals surface area contributed by atoms with Gasteiger partial charge in [0.15, 0.2) is 5.65 Å². The Morgan fingerprint density at radius 3 is 2.71 bits per heavy atom. The number of hydrogen-bond acceptors (Lipinski definition) is 5. The van der Waals surface area contributed by atoms with E-state index in [9.17, 15) is 13.6 Å². The van der Waals surface area contributed by atoms with Crippen LogP contribution in [0.15, 0.2) is 42.9 Å². The first kappa shape index (κ1) is 17.7. The van der Waals surface area contributed by atoms with E-state index in [1.807, 2.05) is 19.1 Å². The maximum Gasteiger partial charge on any atom is 0.269 e. The molecule has 0 saturated carbocycles. The van der Waals surface area contributed by atoms with Crippen molar-refractivity contribution in [2.24, 2.45) is 5.73 Å². The van der Waals surface area contributed by atoms with Crippen LogP contribution in [0.4, 0.5) is 8.78 Å². The van der Waals surface area contributed by atoms with E-state index in [0.29, 0.717) is 28.4 Å². The molecule has 1 amide bonds. The molecular formula is C18H15F2N7O. The van der Waals surface area contributed by atoms with Crippen LogP contribution in [-0.2, 0) is 6.54 Å². The summed E-state index contributed by atoms with van der Waals surface area (Å²) in [6.07, 6.45) is 0.0632. The number of rotatable bonds is 5. The van der Waals surface area contributed by atoms with E-state index in [0.717, 1.165) is 5.69 Å². The fourth-order valence-electron chi connectivity index (χ4n) is 2.97. The second kappa shape index (κ2) is 6.80. The van der Waals surface area contributed by atoms with Crippen LogP contribution in [-0.4, -0.2) is 41.5 Å². The molecule has 0 aliphatic heterocycles. The quantitative estimate of drug-likeness (QED) is 0.570. The summed E-state index contributed by atoms with van der Waals surface area (Å²) in [7, 11) is 0. The molecule has 28 heavy (non-hydrogen) atoms. The largest absolute Gasteiger partial charge is 0.364 e. The number of halogens is 2. The van der Waals surface area contributed by atoms with Crippen LogP contribution in [0.2, 0.25) is 0 Å². The Kier molecular flexibility index (Phi) is 4.30. The Morgan fingerprint density at radius 2 is 2.00 bits per heavy atom. The van der Waals surface area contributed by atoms with E-state index >= 15 is 0 Å². The van der Waals surface area contributed by atoms with E-state index in [4.69, 9.17) is 5.73 Å². The molecule has 0 radical (unpaired) electrons.